The number of fused-ring (bicyclic) bond motifs is 1. The number of rotatable bonds is 2. The van der Waals surface area contributed by atoms with Gasteiger partial charge in [0.05, 0.1) is 25.2 Å². The molecule has 1 aromatic carbocycles. The Morgan fingerprint density at radius 1 is 1.59 bits per heavy atom. The first kappa shape index (κ1) is 11.6. The van der Waals surface area contributed by atoms with Crippen molar-refractivity contribution in [2.45, 2.75) is 19.4 Å². The highest BCUT2D eigenvalue weighted by Gasteiger charge is 2.15. The summed E-state index contributed by atoms with van der Waals surface area (Å²) in [5.74, 6) is -0.275. The number of nitrogens with zero attached hydrogens (tertiary/aromatic N) is 1. The number of benzene rings is 1. The van der Waals surface area contributed by atoms with Crippen molar-refractivity contribution in [3.63, 3.8) is 0 Å². The van der Waals surface area contributed by atoms with Gasteiger partial charge in [0, 0.05) is 6.54 Å². The van der Waals surface area contributed by atoms with E-state index in [4.69, 9.17) is 5.26 Å². The first-order valence-electron chi connectivity index (χ1n) is 5.57. The number of carbonyl (C=O) groups excluding carboxylic acids is 1. The molecule has 1 aliphatic rings. The van der Waals surface area contributed by atoms with Crippen LogP contribution < -0.4 is 5.32 Å². The molecule has 0 fully saturated rings. The molecule has 0 radical (unpaired) electrons. The Kier molecular flexibility index (Phi) is 3.40. The van der Waals surface area contributed by atoms with Crippen LogP contribution in [-0.4, -0.2) is 19.6 Å². The minimum absolute atomic E-state index is 0.228. The summed E-state index contributed by atoms with van der Waals surface area (Å²) in [5.41, 5.74) is 3.75. The quantitative estimate of drug-likeness (QED) is 0.767. The molecule has 0 aliphatic carbocycles. The average molecular weight is 230 g/mol. The molecule has 0 amide bonds. The zero-order valence-electron chi connectivity index (χ0n) is 9.75. The predicted molar refractivity (Wildman–Crippen MR) is 62.3 cm³/mol. The van der Waals surface area contributed by atoms with E-state index >= 15 is 0 Å². The van der Waals surface area contributed by atoms with Crippen LogP contribution in [0.4, 0.5) is 0 Å². The van der Waals surface area contributed by atoms with Gasteiger partial charge in [-0.2, -0.15) is 5.26 Å². The van der Waals surface area contributed by atoms with Crippen LogP contribution in [0, 0.1) is 11.3 Å². The molecule has 2 rings (SSSR count). The van der Waals surface area contributed by atoms with Crippen molar-refractivity contribution in [2.24, 2.45) is 0 Å². The highest BCUT2D eigenvalue weighted by Crippen LogP contribution is 2.21. The predicted octanol–water partition coefficient (Wildman–Crippen LogP) is 0.919. The molecule has 17 heavy (non-hydrogen) atoms. The van der Waals surface area contributed by atoms with Crippen LogP contribution >= 0.6 is 0 Å². The molecular formula is C13H14N2O2. The van der Waals surface area contributed by atoms with E-state index in [0.29, 0.717) is 5.56 Å². The Bertz CT molecular complexity index is 489. The highest BCUT2D eigenvalue weighted by atomic mass is 16.5. The third-order valence-electron chi connectivity index (χ3n) is 2.97. The summed E-state index contributed by atoms with van der Waals surface area (Å²) >= 11 is 0. The van der Waals surface area contributed by atoms with Gasteiger partial charge >= 0.3 is 5.97 Å². The monoisotopic (exact) mass is 230 g/mol. The van der Waals surface area contributed by atoms with E-state index in [9.17, 15) is 4.79 Å². The zero-order valence-corrected chi connectivity index (χ0v) is 9.75. The molecule has 4 nitrogen and oxygen atoms in total. The summed E-state index contributed by atoms with van der Waals surface area (Å²) in [4.78, 5) is 11.2. The first-order valence-corrected chi connectivity index (χ1v) is 5.57. The Balaban J connectivity index is 2.36. The number of nitriles is 1. The van der Waals surface area contributed by atoms with Gasteiger partial charge in [0.25, 0.3) is 0 Å². The van der Waals surface area contributed by atoms with Crippen LogP contribution in [0.1, 0.15) is 22.3 Å². The minimum Gasteiger partial charge on any atom is -0.469 e. The van der Waals surface area contributed by atoms with E-state index in [1.54, 1.807) is 6.07 Å². The van der Waals surface area contributed by atoms with Crippen LogP contribution in [0.2, 0.25) is 0 Å². The molecule has 4 heteroatoms. The molecule has 0 unspecified atom stereocenters. The van der Waals surface area contributed by atoms with Gasteiger partial charge in [-0.15, -0.1) is 0 Å². The maximum Gasteiger partial charge on any atom is 0.309 e. The molecule has 0 atom stereocenters. The van der Waals surface area contributed by atoms with Crippen LogP contribution in [-0.2, 0) is 28.9 Å². The van der Waals surface area contributed by atoms with Gasteiger partial charge in [0.15, 0.2) is 0 Å². The molecule has 1 aliphatic heterocycles. The molecule has 1 aromatic rings. The van der Waals surface area contributed by atoms with Crippen molar-refractivity contribution in [3.8, 4) is 6.07 Å². The number of methoxy groups -OCH3 is 1. The molecule has 0 saturated heterocycles. The average Bonchev–Trinajstić information content (AvgIpc) is 2.37. The molecule has 1 heterocycles. The van der Waals surface area contributed by atoms with Crippen molar-refractivity contribution in [2.75, 3.05) is 13.7 Å². The first-order chi connectivity index (χ1) is 8.24. The van der Waals surface area contributed by atoms with Crippen molar-refractivity contribution in [1.82, 2.24) is 5.32 Å². The van der Waals surface area contributed by atoms with Crippen molar-refractivity contribution in [1.29, 1.82) is 5.26 Å². The maximum atomic E-state index is 11.2. The molecule has 88 valence electrons. The van der Waals surface area contributed by atoms with Crippen molar-refractivity contribution < 1.29 is 9.53 Å². The van der Waals surface area contributed by atoms with Crippen LogP contribution in [0.5, 0.6) is 0 Å². The summed E-state index contributed by atoms with van der Waals surface area (Å²) in [6.07, 6.45) is 1.13. The van der Waals surface area contributed by atoms with E-state index in [1.807, 2.05) is 6.07 Å². The molecule has 0 bridgehead atoms. The molecule has 0 aromatic heterocycles. The summed E-state index contributed by atoms with van der Waals surface area (Å²) in [6.45, 7) is 1.65. The number of esters is 1. The Labute approximate surface area is 100 Å². The Hall–Kier alpha value is -1.86. The van der Waals surface area contributed by atoms with Crippen LogP contribution in [0.3, 0.4) is 0 Å². The number of hydrogen-bond donors (Lipinski definition) is 1. The number of nitrogens with one attached hydrogen (secondary N) is 1. The molecule has 0 spiro atoms. The van der Waals surface area contributed by atoms with Gasteiger partial charge < -0.3 is 10.1 Å². The van der Waals surface area contributed by atoms with E-state index in [1.165, 1.54) is 12.7 Å². The normalized spacial score (nSPS) is 13.6. The lowest BCUT2D eigenvalue weighted by atomic mass is 9.93. The lowest BCUT2D eigenvalue weighted by molar-refractivity contribution is -0.139. The van der Waals surface area contributed by atoms with Crippen LogP contribution in [0.25, 0.3) is 0 Å². The van der Waals surface area contributed by atoms with E-state index in [0.717, 1.165) is 30.6 Å². The fourth-order valence-corrected chi connectivity index (χ4v) is 2.11. The number of carbonyl (C=O) groups is 1. The SMILES string of the molecule is COC(=O)Cc1cc(C#N)c2c(c1)CCNC2. The molecule has 0 saturated carbocycles. The minimum atomic E-state index is -0.275. The van der Waals surface area contributed by atoms with Crippen molar-refractivity contribution >= 4 is 5.97 Å². The van der Waals surface area contributed by atoms with Crippen LogP contribution in [0.15, 0.2) is 12.1 Å². The summed E-state index contributed by atoms with van der Waals surface area (Å²) in [6, 6.07) is 5.98. The summed E-state index contributed by atoms with van der Waals surface area (Å²) in [7, 11) is 1.37. The van der Waals surface area contributed by atoms with E-state index in [2.05, 4.69) is 16.1 Å². The standard InChI is InChI=1S/C13H14N2O2/c1-17-13(16)6-9-4-10-2-3-15-8-12(10)11(5-9)7-14/h4-5,15H,2-3,6,8H2,1H3. The Morgan fingerprint density at radius 3 is 3.12 bits per heavy atom. The molecular weight excluding hydrogens is 216 g/mol. The smallest absolute Gasteiger partial charge is 0.309 e. The summed E-state index contributed by atoms with van der Waals surface area (Å²) in [5, 5.41) is 12.4. The van der Waals surface area contributed by atoms with E-state index < -0.39 is 0 Å². The molecule has 1 N–H and O–H groups in total. The second kappa shape index (κ2) is 4.98. The second-order valence-corrected chi connectivity index (χ2v) is 4.07. The topological polar surface area (TPSA) is 62.1 Å². The number of hydrogen-bond acceptors (Lipinski definition) is 4. The Morgan fingerprint density at radius 2 is 2.41 bits per heavy atom. The third kappa shape index (κ3) is 2.45. The van der Waals surface area contributed by atoms with Gasteiger partial charge in [-0.1, -0.05) is 6.07 Å². The third-order valence-corrected chi connectivity index (χ3v) is 2.97. The van der Waals surface area contributed by atoms with Gasteiger partial charge in [0.1, 0.15) is 0 Å². The maximum absolute atomic E-state index is 11.2. The fourth-order valence-electron chi connectivity index (χ4n) is 2.11. The largest absolute Gasteiger partial charge is 0.469 e. The van der Waals surface area contributed by atoms with E-state index in [-0.39, 0.29) is 12.4 Å². The highest BCUT2D eigenvalue weighted by molar-refractivity contribution is 5.72. The van der Waals surface area contributed by atoms with Gasteiger partial charge in [-0.3, -0.25) is 4.79 Å². The zero-order chi connectivity index (χ0) is 12.3. The van der Waals surface area contributed by atoms with Crippen molar-refractivity contribution in [3.05, 3.63) is 34.4 Å². The lowest BCUT2D eigenvalue weighted by Crippen LogP contribution is -2.25. The second-order valence-electron chi connectivity index (χ2n) is 4.07. The number of ether oxygens (including phenoxy) is 1. The van der Waals surface area contributed by atoms with Gasteiger partial charge in [-0.05, 0) is 35.7 Å². The summed E-state index contributed by atoms with van der Waals surface area (Å²) < 4.78 is 4.64. The van der Waals surface area contributed by atoms with Gasteiger partial charge in [-0.25, -0.2) is 0 Å². The van der Waals surface area contributed by atoms with Gasteiger partial charge in [0.2, 0.25) is 0 Å². The fraction of sp³-hybridized carbons (Fsp3) is 0.385. The lowest BCUT2D eigenvalue weighted by Gasteiger charge is -2.19.